The van der Waals surface area contributed by atoms with Crippen molar-refractivity contribution < 1.29 is 22.6 Å². The van der Waals surface area contributed by atoms with E-state index in [9.17, 15) is 13.2 Å². The highest BCUT2D eigenvalue weighted by Gasteiger charge is 2.27. The van der Waals surface area contributed by atoms with Crippen molar-refractivity contribution in [1.29, 1.82) is 0 Å². The third-order valence-electron chi connectivity index (χ3n) is 8.38. The summed E-state index contributed by atoms with van der Waals surface area (Å²) in [5.74, 6) is -0.445. The Labute approximate surface area is 220 Å². The first-order valence-corrected chi connectivity index (χ1v) is 14.1. The summed E-state index contributed by atoms with van der Waals surface area (Å²) in [6.07, 6.45) is 11.6. The molecule has 0 heterocycles. The predicted molar refractivity (Wildman–Crippen MR) is 143 cm³/mol. The maximum absolute atomic E-state index is 15.0. The van der Waals surface area contributed by atoms with Crippen LogP contribution < -0.4 is 4.74 Å². The molecule has 0 aromatic heterocycles. The highest BCUT2D eigenvalue weighted by Crippen LogP contribution is 2.40. The lowest BCUT2D eigenvalue weighted by atomic mass is 9.76. The van der Waals surface area contributed by atoms with E-state index in [1.165, 1.54) is 0 Å². The first kappa shape index (κ1) is 27.8. The average molecular weight is 515 g/mol. The Morgan fingerprint density at radius 3 is 2.30 bits per heavy atom. The molecule has 2 aliphatic rings. The van der Waals surface area contributed by atoms with Crippen molar-refractivity contribution in [2.24, 2.45) is 5.92 Å². The van der Waals surface area contributed by atoms with Crippen LogP contribution in [0, 0.1) is 23.4 Å². The smallest absolute Gasteiger partial charge is 0.165 e. The van der Waals surface area contributed by atoms with Crippen LogP contribution in [0.3, 0.4) is 0 Å². The molecule has 0 saturated heterocycles. The van der Waals surface area contributed by atoms with Gasteiger partial charge < -0.3 is 9.47 Å². The van der Waals surface area contributed by atoms with E-state index in [2.05, 4.69) is 6.58 Å². The second kappa shape index (κ2) is 13.5. The van der Waals surface area contributed by atoms with E-state index in [1.807, 2.05) is 19.1 Å². The molecule has 0 N–H and O–H groups in total. The summed E-state index contributed by atoms with van der Waals surface area (Å²) in [6, 6.07) is 8.92. The van der Waals surface area contributed by atoms with E-state index in [4.69, 9.17) is 9.47 Å². The van der Waals surface area contributed by atoms with Gasteiger partial charge in [0.1, 0.15) is 0 Å². The van der Waals surface area contributed by atoms with Gasteiger partial charge in [-0.1, -0.05) is 24.3 Å². The van der Waals surface area contributed by atoms with E-state index < -0.39 is 11.6 Å². The Bertz CT molecular complexity index is 1020. The molecule has 0 radical (unpaired) electrons. The molecule has 4 rings (SSSR count). The normalized spacial score (nSPS) is 24.1. The van der Waals surface area contributed by atoms with Gasteiger partial charge in [-0.3, -0.25) is 0 Å². The van der Waals surface area contributed by atoms with Crippen LogP contribution in [0.4, 0.5) is 13.2 Å². The highest BCUT2D eigenvalue weighted by molar-refractivity contribution is 5.32. The Morgan fingerprint density at radius 2 is 1.62 bits per heavy atom. The molecule has 202 valence electrons. The summed E-state index contributed by atoms with van der Waals surface area (Å²) >= 11 is 0. The first-order valence-electron chi connectivity index (χ1n) is 14.1. The number of hydrogen-bond acceptors (Lipinski definition) is 2. The quantitative estimate of drug-likeness (QED) is 0.220. The lowest BCUT2D eigenvalue weighted by Gasteiger charge is -2.29. The van der Waals surface area contributed by atoms with Crippen molar-refractivity contribution in [3.8, 4) is 5.75 Å². The van der Waals surface area contributed by atoms with Gasteiger partial charge in [0.05, 0.1) is 12.7 Å². The molecule has 0 atom stereocenters. The molecule has 2 nitrogen and oxygen atoms in total. The Hall–Kier alpha value is -2.27. The molecule has 0 amide bonds. The maximum atomic E-state index is 15.0. The van der Waals surface area contributed by atoms with Gasteiger partial charge in [0, 0.05) is 6.61 Å². The van der Waals surface area contributed by atoms with Gasteiger partial charge >= 0.3 is 0 Å². The maximum Gasteiger partial charge on any atom is 0.165 e. The van der Waals surface area contributed by atoms with E-state index in [1.54, 1.807) is 24.3 Å². The molecular formula is C32H41F3O2. The topological polar surface area (TPSA) is 18.5 Å². The molecule has 2 aliphatic carbocycles. The fourth-order valence-corrected chi connectivity index (χ4v) is 6.17. The minimum atomic E-state index is -0.663. The Balaban J connectivity index is 1.26. The average Bonchev–Trinajstić information content (AvgIpc) is 2.92. The molecule has 0 unspecified atom stereocenters. The molecule has 0 bridgehead atoms. The standard InChI is InChI=1S/C32H41F3O2/c1-3-5-20-37-30-19-15-26(21-29(30)33)23-9-6-22(7-10-23)8-11-25-14-18-28(32(35)31(25)34)24-12-16-27(17-13-24)36-4-2/h3,14-15,18-19,21-24,27H,1,4-13,16-17,20H2,2H3. The molecule has 2 aromatic carbocycles. The molecule has 2 saturated carbocycles. The van der Waals surface area contributed by atoms with Crippen LogP contribution in [0.15, 0.2) is 43.0 Å². The number of benzene rings is 2. The molecule has 2 fully saturated rings. The van der Waals surface area contributed by atoms with Crippen LogP contribution in [0.1, 0.15) is 99.7 Å². The van der Waals surface area contributed by atoms with Crippen molar-refractivity contribution >= 4 is 0 Å². The van der Waals surface area contributed by atoms with Crippen LogP contribution in [0.5, 0.6) is 5.75 Å². The van der Waals surface area contributed by atoms with Gasteiger partial charge in [-0.05, 0) is 124 Å². The van der Waals surface area contributed by atoms with Gasteiger partial charge in [0.2, 0.25) is 0 Å². The Morgan fingerprint density at radius 1 is 0.892 bits per heavy atom. The van der Waals surface area contributed by atoms with Gasteiger partial charge in [-0.15, -0.1) is 6.58 Å². The Kier molecular flexibility index (Phi) is 10.1. The van der Waals surface area contributed by atoms with Crippen LogP contribution in [0.25, 0.3) is 0 Å². The second-order valence-electron chi connectivity index (χ2n) is 10.7. The van der Waals surface area contributed by atoms with Gasteiger partial charge in [-0.25, -0.2) is 13.2 Å². The minimum Gasteiger partial charge on any atom is -0.490 e. The number of hydrogen-bond donors (Lipinski definition) is 0. The molecule has 5 heteroatoms. The third kappa shape index (κ3) is 7.19. The van der Waals surface area contributed by atoms with Crippen molar-refractivity contribution in [3.63, 3.8) is 0 Å². The van der Waals surface area contributed by atoms with Gasteiger partial charge in [0.15, 0.2) is 23.2 Å². The summed E-state index contributed by atoms with van der Waals surface area (Å²) < 4.78 is 55.6. The predicted octanol–water partition coefficient (Wildman–Crippen LogP) is 9.03. The zero-order valence-corrected chi connectivity index (χ0v) is 22.1. The van der Waals surface area contributed by atoms with Crippen LogP contribution in [-0.2, 0) is 11.2 Å². The molecule has 37 heavy (non-hydrogen) atoms. The monoisotopic (exact) mass is 514 g/mol. The lowest BCUT2D eigenvalue weighted by Crippen LogP contribution is -2.21. The lowest BCUT2D eigenvalue weighted by molar-refractivity contribution is 0.0325. The number of rotatable bonds is 11. The van der Waals surface area contributed by atoms with Crippen molar-refractivity contribution in [2.45, 2.75) is 95.5 Å². The SMILES string of the molecule is C=CCCOc1ccc(C2CCC(CCc3ccc(C4CCC(OCC)CC4)c(F)c3F)CC2)cc1F. The summed E-state index contributed by atoms with van der Waals surface area (Å²) in [7, 11) is 0. The van der Waals surface area contributed by atoms with Crippen molar-refractivity contribution in [3.05, 3.63) is 77.1 Å². The molecular weight excluding hydrogens is 473 g/mol. The minimum absolute atomic E-state index is 0.0770. The third-order valence-corrected chi connectivity index (χ3v) is 8.38. The van der Waals surface area contributed by atoms with Crippen LogP contribution in [-0.4, -0.2) is 19.3 Å². The van der Waals surface area contributed by atoms with E-state index in [0.29, 0.717) is 49.0 Å². The summed E-state index contributed by atoms with van der Waals surface area (Å²) in [5, 5.41) is 0. The first-order chi connectivity index (χ1) is 18.0. The summed E-state index contributed by atoms with van der Waals surface area (Å²) in [6.45, 7) is 6.77. The fraction of sp³-hybridized carbons (Fsp3) is 0.562. The van der Waals surface area contributed by atoms with Crippen LogP contribution in [0.2, 0.25) is 0 Å². The van der Waals surface area contributed by atoms with E-state index >= 15 is 0 Å². The summed E-state index contributed by atoms with van der Waals surface area (Å²) in [5.41, 5.74) is 2.03. The number of aryl methyl sites for hydroxylation is 1. The van der Waals surface area contributed by atoms with Crippen LogP contribution >= 0.6 is 0 Å². The summed E-state index contributed by atoms with van der Waals surface area (Å²) in [4.78, 5) is 0. The zero-order valence-electron chi connectivity index (χ0n) is 22.1. The largest absolute Gasteiger partial charge is 0.490 e. The van der Waals surface area contributed by atoms with E-state index in [0.717, 1.165) is 63.4 Å². The van der Waals surface area contributed by atoms with Gasteiger partial charge in [-0.2, -0.15) is 0 Å². The number of ether oxygens (including phenoxy) is 2. The van der Waals surface area contributed by atoms with Crippen molar-refractivity contribution in [1.82, 2.24) is 0 Å². The number of halogens is 3. The zero-order chi connectivity index (χ0) is 26.2. The molecule has 0 spiro atoms. The highest BCUT2D eigenvalue weighted by atomic mass is 19.2. The van der Waals surface area contributed by atoms with Crippen molar-refractivity contribution in [2.75, 3.05) is 13.2 Å². The molecule has 2 aromatic rings. The molecule has 0 aliphatic heterocycles. The fourth-order valence-electron chi connectivity index (χ4n) is 6.17. The van der Waals surface area contributed by atoms with E-state index in [-0.39, 0.29) is 23.6 Å². The van der Waals surface area contributed by atoms with Gasteiger partial charge in [0.25, 0.3) is 0 Å². The second-order valence-corrected chi connectivity index (χ2v) is 10.7.